The van der Waals surface area contributed by atoms with E-state index < -0.39 is 0 Å². The molecule has 3 nitrogen and oxygen atoms in total. The minimum atomic E-state index is 0.151. The molecular weight excluding hydrogens is 320 g/mol. The number of carbonyl (C=O) groups is 1. The van der Waals surface area contributed by atoms with Crippen LogP contribution in [0.2, 0.25) is 5.02 Å². The van der Waals surface area contributed by atoms with Crippen molar-refractivity contribution in [2.24, 2.45) is 0 Å². The Bertz CT molecular complexity index is 736. The molecule has 0 unspecified atom stereocenters. The molecule has 1 aliphatic rings. The molecule has 126 valence electrons. The molecule has 2 aromatic rings. The van der Waals surface area contributed by atoms with E-state index in [1.165, 1.54) is 5.56 Å². The minimum absolute atomic E-state index is 0.151. The second-order valence-corrected chi connectivity index (χ2v) is 6.95. The summed E-state index contributed by atoms with van der Waals surface area (Å²) >= 11 is 6.05. The second-order valence-electron chi connectivity index (χ2n) is 6.52. The highest BCUT2D eigenvalue weighted by Gasteiger charge is 2.23. The molecule has 0 N–H and O–H groups in total. The van der Waals surface area contributed by atoms with Gasteiger partial charge in [0.2, 0.25) is 0 Å². The minimum Gasteiger partial charge on any atom is -0.336 e. The third kappa shape index (κ3) is 3.97. The quantitative estimate of drug-likeness (QED) is 0.844. The van der Waals surface area contributed by atoms with Crippen molar-refractivity contribution in [3.63, 3.8) is 0 Å². The fourth-order valence-electron chi connectivity index (χ4n) is 3.14. The standard InChI is InChI=1S/C20H23ClN2O/c1-15-6-7-16(2)19(12-15)20(24)23-10-8-22(9-11-23)14-17-4-3-5-18(21)13-17/h3-7,12-13H,8-11,14H2,1-2H3. The van der Waals surface area contributed by atoms with E-state index in [4.69, 9.17) is 11.6 Å². The Balaban J connectivity index is 1.60. The summed E-state index contributed by atoms with van der Waals surface area (Å²) in [6.07, 6.45) is 0. The summed E-state index contributed by atoms with van der Waals surface area (Å²) in [6, 6.07) is 14.1. The summed E-state index contributed by atoms with van der Waals surface area (Å²) in [5.74, 6) is 0.151. The molecule has 24 heavy (non-hydrogen) atoms. The van der Waals surface area contributed by atoms with Crippen molar-refractivity contribution >= 4 is 17.5 Å². The zero-order chi connectivity index (χ0) is 17.1. The highest BCUT2D eigenvalue weighted by molar-refractivity contribution is 6.30. The maximum absolute atomic E-state index is 12.8. The van der Waals surface area contributed by atoms with Gasteiger partial charge in [-0.2, -0.15) is 0 Å². The molecule has 0 spiro atoms. The molecule has 2 aromatic carbocycles. The molecule has 1 amide bonds. The molecule has 0 radical (unpaired) electrons. The first-order valence-electron chi connectivity index (χ1n) is 8.36. The van der Waals surface area contributed by atoms with Crippen LogP contribution in [0.5, 0.6) is 0 Å². The van der Waals surface area contributed by atoms with Gasteiger partial charge in [-0.15, -0.1) is 0 Å². The maximum Gasteiger partial charge on any atom is 0.254 e. The largest absolute Gasteiger partial charge is 0.336 e. The van der Waals surface area contributed by atoms with Gasteiger partial charge in [0.25, 0.3) is 5.91 Å². The predicted octanol–water partition coefficient (Wildman–Crippen LogP) is 3.91. The van der Waals surface area contributed by atoms with Crippen molar-refractivity contribution in [2.75, 3.05) is 26.2 Å². The lowest BCUT2D eigenvalue weighted by Gasteiger charge is -2.35. The van der Waals surface area contributed by atoms with E-state index in [2.05, 4.69) is 17.0 Å². The first-order chi connectivity index (χ1) is 11.5. The third-order valence-electron chi connectivity index (χ3n) is 4.58. The van der Waals surface area contributed by atoms with Crippen molar-refractivity contribution in [1.82, 2.24) is 9.80 Å². The molecule has 0 bridgehead atoms. The van der Waals surface area contributed by atoms with Crippen LogP contribution in [0.3, 0.4) is 0 Å². The summed E-state index contributed by atoms with van der Waals surface area (Å²) in [5, 5.41) is 0.774. The van der Waals surface area contributed by atoms with Crippen molar-refractivity contribution in [3.05, 3.63) is 69.7 Å². The van der Waals surface area contributed by atoms with E-state index >= 15 is 0 Å². The molecule has 0 saturated carbocycles. The number of hydrogen-bond acceptors (Lipinski definition) is 2. The number of piperazine rings is 1. The summed E-state index contributed by atoms with van der Waals surface area (Å²) in [6.45, 7) is 8.24. The molecular formula is C20H23ClN2O. The number of halogens is 1. The fraction of sp³-hybridized carbons (Fsp3) is 0.350. The number of carbonyl (C=O) groups excluding carboxylic acids is 1. The van der Waals surface area contributed by atoms with Gasteiger partial charge in [-0.1, -0.05) is 41.4 Å². The van der Waals surface area contributed by atoms with Crippen molar-refractivity contribution < 1.29 is 4.79 Å². The first-order valence-corrected chi connectivity index (χ1v) is 8.74. The van der Waals surface area contributed by atoms with Gasteiger partial charge in [0.1, 0.15) is 0 Å². The summed E-state index contributed by atoms with van der Waals surface area (Å²) < 4.78 is 0. The fourth-order valence-corrected chi connectivity index (χ4v) is 3.35. The number of amides is 1. The Kier molecular flexibility index (Phi) is 5.22. The van der Waals surface area contributed by atoms with Gasteiger partial charge in [-0.25, -0.2) is 0 Å². The van der Waals surface area contributed by atoms with Crippen LogP contribution in [0.1, 0.15) is 27.0 Å². The van der Waals surface area contributed by atoms with Gasteiger partial charge in [0.05, 0.1) is 0 Å². The highest BCUT2D eigenvalue weighted by atomic mass is 35.5. The average molecular weight is 343 g/mol. The van der Waals surface area contributed by atoms with Crippen molar-refractivity contribution in [3.8, 4) is 0 Å². The monoisotopic (exact) mass is 342 g/mol. The molecule has 0 atom stereocenters. The van der Waals surface area contributed by atoms with Crippen molar-refractivity contribution in [1.29, 1.82) is 0 Å². The van der Waals surface area contributed by atoms with Gasteiger partial charge in [-0.3, -0.25) is 9.69 Å². The van der Waals surface area contributed by atoms with E-state index in [1.807, 2.05) is 49.1 Å². The molecule has 1 fully saturated rings. The number of rotatable bonds is 3. The van der Waals surface area contributed by atoms with Crippen LogP contribution < -0.4 is 0 Å². The number of hydrogen-bond donors (Lipinski definition) is 0. The summed E-state index contributed by atoms with van der Waals surface area (Å²) in [4.78, 5) is 17.1. The van der Waals surface area contributed by atoms with E-state index in [0.717, 1.165) is 54.4 Å². The zero-order valence-corrected chi connectivity index (χ0v) is 15.0. The number of benzene rings is 2. The van der Waals surface area contributed by atoms with Crippen LogP contribution in [0, 0.1) is 13.8 Å². The zero-order valence-electron chi connectivity index (χ0n) is 14.3. The van der Waals surface area contributed by atoms with Gasteiger partial charge in [0, 0.05) is 43.3 Å². The predicted molar refractivity (Wildman–Crippen MR) is 98.5 cm³/mol. The SMILES string of the molecule is Cc1ccc(C)c(C(=O)N2CCN(Cc3cccc(Cl)c3)CC2)c1. The molecule has 0 aromatic heterocycles. The van der Waals surface area contributed by atoms with Crippen LogP contribution in [0.25, 0.3) is 0 Å². The smallest absolute Gasteiger partial charge is 0.254 e. The van der Waals surface area contributed by atoms with Crippen LogP contribution in [0.4, 0.5) is 0 Å². The Morgan fingerprint density at radius 2 is 1.79 bits per heavy atom. The Morgan fingerprint density at radius 3 is 2.50 bits per heavy atom. The van der Waals surface area contributed by atoms with Crippen LogP contribution in [-0.4, -0.2) is 41.9 Å². The van der Waals surface area contributed by atoms with Gasteiger partial charge in [0.15, 0.2) is 0 Å². The molecule has 0 aliphatic carbocycles. The van der Waals surface area contributed by atoms with E-state index in [-0.39, 0.29) is 5.91 Å². The lowest BCUT2D eigenvalue weighted by molar-refractivity contribution is 0.0627. The lowest BCUT2D eigenvalue weighted by atomic mass is 10.0. The van der Waals surface area contributed by atoms with Gasteiger partial charge >= 0.3 is 0 Å². The molecule has 1 saturated heterocycles. The van der Waals surface area contributed by atoms with E-state index in [1.54, 1.807) is 0 Å². The van der Waals surface area contributed by atoms with Gasteiger partial charge < -0.3 is 4.90 Å². The van der Waals surface area contributed by atoms with Crippen LogP contribution in [-0.2, 0) is 6.54 Å². The average Bonchev–Trinajstić information content (AvgIpc) is 2.57. The first kappa shape index (κ1) is 17.0. The highest BCUT2D eigenvalue weighted by Crippen LogP contribution is 2.17. The van der Waals surface area contributed by atoms with Crippen LogP contribution >= 0.6 is 11.6 Å². The Labute approximate surface area is 148 Å². The van der Waals surface area contributed by atoms with Crippen molar-refractivity contribution in [2.45, 2.75) is 20.4 Å². The topological polar surface area (TPSA) is 23.6 Å². The molecule has 4 heteroatoms. The number of aryl methyl sites for hydroxylation is 2. The van der Waals surface area contributed by atoms with E-state index in [9.17, 15) is 4.79 Å². The lowest BCUT2D eigenvalue weighted by Crippen LogP contribution is -2.48. The Morgan fingerprint density at radius 1 is 1.04 bits per heavy atom. The third-order valence-corrected chi connectivity index (χ3v) is 4.81. The maximum atomic E-state index is 12.8. The van der Waals surface area contributed by atoms with E-state index in [0.29, 0.717) is 0 Å². The molecule has 1 aliphatic heterocycles. The molecule has 1 heterocycles. The van der Waals surface area contributed by atoms with Crippen LogP contribution in [0.15, 0.2) is 42.5 Å². The number of nitrogens with zero attached hydrogens (tertiary/aromatic N) is 2. The molecule has 3 rings (SSSR count). The summed E-state index contributed by atoms with van der Waals surface area (Å²) in [5.41, 5.74) is 4.23. The summed E-state index contributed by atoms with van der Waals surface area (Å²) in [7, 11) is 0. The second kappa shape index (κ2) is 7.37. The van der Waals surface area contributed by atoms with Gasteiger partial charge in [-0.05, 0) is 43.2 Å². The Hall–Kier alpha value is -1.84. The normalized spacial score (nSPS) is 15.5.